The van der Waals surface area contributed by atoms with E-state index < -0.39 is 0 Å². The molecule has 1 rings (SSSR count). The Hall–Kier alpha value is -0.700. The summed E-state index contributed by atoms with van der Waals surface area (Å²) in [5.41, 5.74) is 0.303. The van der Waals surface area contributed by atoms with Gasteiger partial charge in [-0.2, -0.15) is 0 Å². The first-order valence-corrected chi connectivity index (χ1v) is 4.79. The predicted molar refractivity (Wildman–Crippen MR) is 54.6 cm³/mol. The summed E-state index contributed by atoms with van der Waals surface area (Å²) < 4.78 is 0.338. The minimum Gasteiger partial charge on any atom is -0.290 e. The van der Waals surface area contributed by atoms with Gasteiger partial charge in [0.25, 0.3) is 0 Å². The average molecular weight is 243 g/mol. The third-order valence-electron chi connectivity index (χ3n) is 1.84. The predicted octanol–water partition coefficient (Wildman–Crippen LogP) is 2.39. The van der Waals surface area contributed by atoms with E-state index in [4.69, 9.17) is 0 Å². The first-order valence-electron chi connectivity index (χ1n) is 4.00. The van der Waals surface area contributed by atoms with Crippen LogP contribution in [0.5, 0.6) is 0 Å². The number of hydrogen-bond donors (Lipinski definition) is 0. The molecule has 1 aliphatic carbocycles. The first-order chi connectivity index (χ1) is 5.82. The molecule has 0 bridgehead atoms. The lowest BCUT2D eigenvalue weighted by atomic mass is 9.81. The fourth-order valence-electron chi connectivity index (χ4n) is 1.12. The molecule has 3 heteroatoms. The zero-order valence-corrected chi connectivity index (χ0v) is 9.44. The zero-order chi connectivity index (χ0) is 10.2. The maximum Gasteiger partial charge on any atom is 0.193 e. The van der Waals surface area contributed by atoms with E-state index in [0.717, 1.165) is 0 Å². The van der Waals surface area contributed by atoms with E-state index in [9.17, 15) is 9.59 Å². The van der Waals surface area contributed by atoms with Crippen molar-refractivity contribution in [3.8, 4) is 0 Å². The molecule has 0 aromatic carbocycles. The van der Waals surface area contributed by atoms with Crippen molar-refractivity contribution in [1.82, 2.24) is 0 Å². The van der Waals surface area contributed by atoms with Crippen LogP contribution in [-0.4, -0.2) is 11.6 Å². The fourth-order valence-corrected chi connectivity index (χ4v) is 1.44. The standard InChI is InChI=1S/C10H11BrO2/c1-10(2,3)6-4-9(13)7(11)5-8(6)12/h4-5H,1-3H3. The minimum absolute atomic E-state index is 0.0843. The highest BCUT2D eigenvalue weighted by molar-refractivity contribution is 9.12. The molecule has 1 aliphatic rings. The average Bonchev–Trinajstić information content (AvgIpc) is 1.94. The molecule has 0 N–H and O–H groups in total. The van der Waals surface area contributed by atoms with Crippen molar-refractivity contribution in [3.05, 3.63) is 22.2 Å². The summed E-state index contributed by atoms with van der Waals surface area (Å²) >= 11 is 3.03. The molecule has 0 saturated heterocycles. The molecule has 70 valence electrons. The third-order valence-corrected chi connectivity index (χ3v) is 2.46. The van der Waals surface area contributed by atoms with Gasteiger partial charge in [0.1, 0.15) is 0 Å². The van der Waals surface area contributed by atoms with Gasteiger partial charge < -0.3 is 0 Å². The Balaban J connectivity index is 3.11. The van der Waals surface area contributed by atoms with Gasteiger partial charge in [-0.25, -0.2) is 0 Å². The molecule has 0 heterocycles. The first kappa shape index (κ1) is 10.4. The Labute approximate surface area is 85.8 Å². The molecule has 0 aliphatic heterocycles. The molecule has 0 fully saturated rings. The number of allylic oxidation sites excluding steroid dienone is 4. The van der Waals surface area contributed by atoms with Crippen molar-refractivity contribution in [2.24, 2.45) is 5.41 Å². The third kappa shape index (κ3) is 2.15. The van der Waals surface area contributed by atoms with Crippen LogP contribution in [0.4, 0.5) is 0 Å². The summed E-state index contributed by atoms with van der Waals surface area (Å²) in [5, 5.41) is 0. The van der Waals surface area contributed by atoms with Gasteiger partial charge in [-0.05, 0) is 27.4 Å². The topological polar surface area (TPSA) is 34.1 Å². The molecule has 2 nitrogen and oxygen atoms in total. The molecule has 0 atom stereocenters. The second-order valence-electron chi connectivity index (χ2n) is 4.03. The number of rotatable bonds is 0. The van der Waals surface area contributed by atoms with Crippen molar-refractivity contribution in [2.75, 3.05) is 0 Å². The van der Waals surface area contributed by atoms with Crippen molar-refractivity contribution >= 4 is 27.5 Å². The molecule has 0 amide bonds. The Morgan fingerprint density at radius 1 is 1.08 bits per heavy atom. The Morgan fingerprint density at radius 3 is 2.08 bits per heavy atom. The monoisotopic (exact) mass is 242 g/mol. The van der Waals surface area contributed by atoms with Gasteiger partial charge in [0.05, 0.1) is 4.48 Å². The van der Waals surface area contributed by atoms with Gasteiger partial charge in [-0.15, -0.1) is 0 Å². The smallest absolute Gasteiger partial charge is 0.193 e. The molecule has 0 aromatic heterocycles. The van der Waals surface area contributed by atoms with E-state index in [1.807, 2.05) is 20.8 Å². The summed E-state index contributed by atoms with van der Waals surface area (Å²) in [4.78, 5) is 22.7. The largest absolute Gasteiger partial charge is 0.290 e. The number of hydrogen-bond acceptors (Lipinski definition) is 2. The van der Waals surface area contributed by atoms with E-state index >= 15 is 0 Å². The van der Waals surface area contributed by atoms with Crippen LogP contribution in [0, 0.1) is 5.41 Å². The van der Waals surface area contributed by atoms with Crippen molar-refractivity contribution < 1.29 is 9.59 Å². The highest BCUT2D eigenvalue weighted by Crippen LogP contribution is 2.30. The summed E-state index contributed by atoms with van der Waals surface area (Å²) in [6.07, 6.45) is 2.75. The second-order valence-corrected chi connectivity index (χ2v) is 4.88. The van der Waals surface area contributed by atoms with E-state index in [2.05, 4.69) is 15.9 Å². The Kier molecular flexibility index (Phi) is 2.57. The van der Waals surface area contributed by atoms with Crippen molar-refractivity contribution in [2.45, 2.75) is 20.8 Å². The quantitative estimate of drug-likeness (QED) is 0.612. The summed E-state index contributed by atoms with van der Waals surface area (Å²) in [7, 11) is 0. The van der Waals surface area contributed by atoms with Crippen LogP contribution in [0.15, 0.2) is 22.2 Å². The molecule has 0 saturated carbocycles. The van der Waals surface area contributed by atoms with Gasteiger partial charge in [-0.3, -0.25) is 9.59 Å². The highest BCUT2D eigenvalue weighted by Gasteiger charge is 2.27. The molecule has 0 spiro atoms. The molecule has 0 aromatic rings. The summed E-state index contributed by atoms with van der Waals surface area (Å²) in [6, 6.07) is 0. The molecule has 0 radical (unpaired) electrons. The van der Waals surface area contributed by atoms with Crippen molar-refractivity contribution in [3.63, 3.8) is 0 Å². The maximum atomic E-state index is 11.5. The molecular weight excluding hydrogens is 232 g/mol. The lowest BCUT2D eigenvalue weighted by Crippen LogP contribution is -2.21. The van der Waals surface area contributed by atoms with Gasteiger partial charge >= 0.3 is 0 Å². The van der Waals surface area contributed by atoms with Gasteiger partial charge in [0.15, 0.2) is 11.6 Å². The Bertz CT molecular complexity index is 329. The lowest BCUT2D eigenvalue weighted by Gasteiger charge is -2.22. The minimum atomic E-state index is -0.267. The summed E-state index contributed by atoms with van der Waals surface area (Å²) in [6.45, 7) is 5.74. The number of ketones is 2. The zero-order valence-electron chi connectivity index (χ0n) is 7.85. The van der Waals surface area contributed by atoms with Gasteiger partial charge in [-0.1, -0.05) is 20.8 Å². The second kappa shape index (κ2) is 3.22. The van der Waals surface area contributed by atoms with E-state index in [0.29, 0.717) is 10.1 Å². The normalized spacial score (nSPS) is 18.5. The van der Waals surface area contributed by atoms with Crippen LogP contribution in [0.25, 0.3) is 0 Å². The van der Waals surface area contributed by atoms with Gasteiger partial charge in [0.2, 0.25) is 0 Å². The van der Waals surface area contributed by atoms with Crippen LogP contribution >= 0.6 is 15.9 Å². The highest BCUT2D eigenvalue weighted by atomic mass is 79.9. The molecule has 13 heavy (non-hydrogen) atoms. The van der Waals surface area contributed by atoms with E-state index in [1.165, 1.54) is 12.2 Å². The van der Waals surface area contributed by atoms with Crippen LogP contribution in [0.3, 0.4) is 0 Å². The molecular formula is C10H11BrO2. The lowest BCUT2D eigenvalue weighted by molar-refractivity contribution is -0.115. The SMILES string of the molecule is CC(C)(C)C1=CC(=O)C(Br)=CC1=O. The van der Waals surface area contributed by atoms with E-state index in [-0.39, 0.29) is 17.0 Å². The van der Waals surface area contributed by atoms with E-state index in [1.54, 1.807) is 0 Å². The van der Waals surface area contributed by atoms with Crippen molar-refractivity contribution in [1.29, 1.82) is 0 Å². The van der Waals surface area contributed by atoms with Crippen LogP contribution < -0.4 is 0 Å². The maximum absolute atomic E-state index is 11.5. The number of carbonyl (C=O) groups excluding carboxylic acids is 2. The summed E-state index contributed by atoms with van der Waals surface area (Å²) in [5.74, 6) is -0.219. The number of halogens is 1. The van der Waals surface area contributed by atoms with Gasteiger partial charge in [0, 0.05) is 11.6 Å². The van der Waals surface area contributed by atoms with Crippen LogP contribution in [-0.2, 0) is 9.59 Å². The van der Waals surface area contributed by atoms with Crippen LogP contribution in [0.1, 0.15) is 20.8 Å². The Morgan fingerprint density at radius 2 is 1.62 bits per heavy atom. The molecule has 0 unspecified atom stereocenters. The van der Waals surface area contributed by atoms with Crippen LogP contribution in [0.2, 0.25) is 0 Å². The number of carbonyl (C=O) groups is 2. The fraction of sp³-hybridized carbons (Fsp3) is 0.400.